The second kappa shape index (κ2) is 49.7. The maximum atomic E-state index is 12.4. The Hall–Kier alpha value is -6.81. The Balaban J connectivity index is 0.00000753. The van der Waals surface area contributed by atoms with Crippen molar-refractivity contribution in [2.24, 2.45) is 0 Å². The number of aromatic nitrogens is 3. The van der Waals surface area contributed by atoms with Crippen molar-refractivity contribution < 1.29 is 135 Å². The molecule has 11 N–H and O–H groups in total. The summed E-state index contributed by atoms with van der Waals surface area (Å²) in [7, 11) is 1.93. The van der Waals surface area contributed by atoms with Gasteiger partial charge in [-0.15, -0.1) is 0 Å². The number of carbonyl (C=O) groups excluding carboxylic acids is 4. The van der Waals surface area contributed by atoms with E-state index in [9.17, 15) is 68.7 Å². The van der Waals surface area contributed by atoms with E-state index < -0.39 is 66.3 Å². The van der Waals surface area contributed by atoms with E-state index in [1.807, 2.05) is 36.2 Å². The zero-order valence-electron chi connectivity index (χ0n) is 54.1. The Kier molecular flexibility index (Phi) is 44.1. The molecule has 541 valence electrons. The summed E-state index contributed by atoms with van der Waals surface area (Å²) in [5.74, 6) is -6.48. The number of carbonyl (C=O) groups is 9. The number of unbranched alkanes of at least 4 members (excludes halogenated alkanes) is 8. The maximum absolute atomic E-state index is 12.4. The minimum absolute atomic E-state index is 0. The summed E-state index contributed by atoms with van der Waals surface area (Å²) in [5, 5.41) is 76.1. The number of piperazine rings is 1. The molecule has 2 fully saturated rings. The van der Waals surface area contributed by atoms with E-state index in [1.54, 1.807) is 9.80 Å². The third-order valence-electron chi connectivity index (χ3n) is 15.6. The van der Waals surface area contributed by atoms with E-state index in [4.69, 9.17) is 44.2 Å². The van der Waals surface area contributed by atoms with E-state index in [0.717, 1.165) is 95.2 Å². The molecule has 3 amide bonds. The number of amides is 3. The maximum Gasteiger partial charge on any atom is 0.373 e. The zero-order valence-corrected chi connectivity index (χ0v) is 55.8. The molecule has 0 saturated carbocycles. The molecule has 0 aliphatic carbocycles. The van der Waals surface area contributed by atoms with Gasteiger partial charge in [-0.2, -0.15) is 24.5 Å². The van der Waals surface area contributed by atoms with E-state index in [-0.39, 0.29) is 114 Å². The summed E-state index contributed by atoms with van der Waals surface area (Å²) in [4.78, 5) is 148. The van der Waals surface area contributed by atoms with Crippen molar-refractivity contribution in [2.45, 2.75) is 127 Å². The largest absolute Gasteiger partial charge is 0.481 e. The molecule has 3 heterocycles. The molecule has 34 heteroatoms. The summed E-state index contributed by atoms with van der Waals surface area (Å²) in [6.45, 7) is 7.84. The fraction of sp³-hybridized carbons (Fsp3) is 0.689. The molecule has 1 aromatic carbocycles. The molecule has 1 aromatic heterocycles. The van der Waals surface area contributed by atoms with Gasteiger partial charge in [-0.1, -0.05) is 62.8 Å². The van der Waals surface area contributed by atoms with E-state index in [2.05, 4.69) is 36.0 Å². The molecule has 3 atom stereocenters. The van der Waals surface area contributed by atoms with Gasteiger partial charge in [0, 0.05) is 147 Å². The first-order chi connectivity index (χ1) is 45.0. The first-order valence-electron chi connectivity index (χ1n) is 32.0. The number of carboxylic acids is 7. The molecule has 1 unspecified atom stereocenters. The van der Waals surface area contributed by atoms with Crippen LogP contribution in [0.15, 0.2) is 24.3 Å². The van der Waals surface area contributed by atoms with E-state index >= 15 is 0 Å². The molecule has 2 aromatic rings. The molecule has 33 nitrogen and oxygen atoms in total. The van der Waals surface area contributed by atoms with Crippen molar-refractivity contribution in [1.29, 1.82) is 0 Å². The summed E-state index contributed by atoms with van der Waals surface area (Å²) >= 11 is 0. The molecule has 95 heavy (non-hydrogen) atoms. The minimum Gasteiger partial charge on any atom is -0.481 e. The van der Waals surface area contributed by atoms with Crippen LogP contribution in [-0.2, 0) is 70.3 Å². The summed E-state index contributed by atoms with van der Waals surface area (Å²) in [6, 6.07) is 3.96. The van der Waals surface area contributed by atoms with Crippen LogP contribution in [0.1, 0.15) is 113 Å². The number of nitrogens with zero attached hydrogens (tertiary/aromatic N) is 9. The first kappa shape index (κ1) is 84.3. The molecule has 2 aliphatic heterocycles. The van der Waals surface area contributed by atoms with E-state index in [1.165, 1.54) is 0 Å². The number of aliphatic carboxylic acids is 7. The van der Waals surface area contributed by atoms with Gasteiger partial charge < -0.3 is 76.3 Å². The van der Waals surface area contributed by atoms with Crippen LogP contribution in [0.3, 0.4) is 0 Å². The molecule has 4 rings (SSSR count). The van der Waals surface area contributed by atoms with Gasteiger partial charge in [-0.05, 0) is 69.7 Å². The van der Waals surface area contributed by atoms with Crippen molar-refractivity contribution in [3.63, 3.8) is 0 Å². The van der Waals surface area contributed by atoms with Gasteiger partial charge in [0.05, 0.1) is 52.5 Å². The number of benzene rings is 1. The van der Waals surface area contributed by atoms with Crippen molar-refractivity contribution >= 4 is 71.8 Å². The smallest absolute Gasteiger partial charge is 0.373 e. The fourth-order valence-electron chi connectivity index (χ4n) is 10.6. The predicted octanol–water partition coefficient (Wildman–Crippen LogP) is 0.805. The quantitative estimate of drug-likeness (QED) is 0.0409. The number of ether oxygens (including phenoxy) is 2. The van der Waals surface area contributed by atoms with Crippen LogP contribution in [-0.4, -0.2) is 298 Å². The number of likely N-dealkylation sites (N-methyl/N-ethyl adjacent to an activating group) is 1. The number of carboxylic acid groups (broad SMARTS) is 7. The molecule has 2 aliphatic rings. The monoisotopic (exact) mass is 1510 g/mol. The predicted molar refractivity (Wildman–Crippen MR) is 337 cm³/mol. The molecular weight excluding hydrogens is 1410 g/mol. The van der Waals surface area contributed by atoms with Gasteiger partial charge in [0.1, 0.15) is 17.9 Å². The van der Waals surface area contributed by atoms with Crippen LogP contribution in [0.4, 0.5) is 16.7 Å². The number of urea groups is 1. The fourth-order valence-corrected chi connectivity index (χ4v) is 10.6. The SMILES string of the molecule is CN1CCN(CC(=O)O)CCN(CC(=O)O)CCN(CC(=O)O)C(Cc2ccc(Cc3nc(NCCOCCOCCC(=O)O)nc(N4CCN(CCCCCCCCCCC(=O)NCCCC[C@H](NC(=O)N[C@@H](CCC(=O)O)C(=O)O)C(=O)O)CC4)n3)cc2)C1.O=C=O.[Lu]. The Labute approximate surface area is 582 Å². The number of hydrogen-bond acceptors (Lipinski definition) is 23. The Morgan fingerprint density at radius 1 is 0.547 bits per heavy atom. The summed E-state index contributed by atoms with van der Waals surface area (Å²) in [6.07, 6.45) is 9.69. The van der Waals surface area contributed by atoms with Crippen LogP contribution in [0.2, 0.25) is 0 Å². The topological polar surface area (TPSA) is 454 Å². The van der Waals surface area contributed by atoms with Gasteiger partial charge in [0.15, 0.2) is 0 Å². The Bertz CT molecular complexity index is 2680. The van der Waals surface area contributed by atoms with Crippen molar-refractivity contribution in [2.75, 3.05) is 155 Å². The Morgan fingerprint density at radius 3 is 1.65 bits per heavy atom. The zero-order chi connectivity index (χ0) is 69.0. The normalized spacial score (nSPS) is 16.0. The molecule has 2 saturated heterocycles. The number of nitrogens with one attached hydrogen (secondary N) is 4. The van der Waals surface area contributed by atoms with Gasteiger partial charge in [0.25, 0.3) is 0 Å². The van der Waals surface area contributed by atoms with Gasteiger partial charge in [-0.25, -0.2) is 14.4 Å². The van der Waals surface area contributed by atoms with Crippen molar-refractivity contribution in [3.05, 3.63) is 41.2 Å². The summed E-state index contributed by atoms with van der Waals surface area (Å²) in [5.41, 5.74) is 1.92. The number of anilines is 2. The molecule has 0 spiro atoms. The third kappa shape index (κ3) is 39.7. The summed E-state index contributed by atoms with van der Waals surface area (Å²) < 4.78 is 11.0. The minimum atomic E-state index is -1.49. The third-order valence-corrected chi connectivity index (χ3v) is 15.6. The second-order valence-corrected chi connectivity index (χ2v) is 23.2. The van der Waals surface area contributed by atoms with Crippen LogP contribution in [0, 0.1) is 36.9 Å². The first-order valence-corrected chi connectivity index (χ1v) is 32.0. The average Bonchev–Trinajstić information content (AvgIpc) is 0.851. The van der Waals surface area contributed by atoms with Gasteiger partial charge in [-0.3, -0.25) is 48.4 Å². The van der Waals surface area contributed by atoms with Crippen LogP contribution in [0.25, 0.3) is 0 Å². The van der Waals surface area contributed by atoms with Crippen LogP contribution in [0.5, 0.6) is 0 Å². The van der Waals surface area contributed by atoms with Crippen LogP contribution < -0.4 is 26.2 Å². The molecular formula is C61H97LuN13O20. The Morgan fingerprint density at radius 2 is 1.07 bits per heavy atom. The number of rotatable bonds is 44. The standard InChI is InChI=1S/C60H97N13O18.CO2.Lu/c1-68-24-25-70(41-53(79)80)26-27-71(42-54(81)82)30-33-73(43-55(83)84)46(40-68)38-44-14-16-45(17-15-44)39-49-65-58(62-22-35-91-37-36-90-34-20-52(77)78)67-59(66-49)72-31-28-69(29-32-72)23-11-7-5-3-2-4-6-8-13-50(74)61-21-10-9-12-47(56(85)86)63-60(89)64-48(57(87)88)18-19-51(75)76;2-1-3;/h14-17,46-48H,2-13,18-43H2,1H3,(H,61,74)(H,75,76)(H,77,78)(H,79,80)(H,81,82)(H,83,84)(H,85,86)(H,87,88)(H2,63,64,89)(H,62,65,66,67);;/t46?,47-,48-;;/m0../s1. The molecule has 0 bridgehead atoms. The number of hydrogen-bond donors (Lipinski definition) is 11. The second-order valence-electron chi connectivity index (χ2n) is 23.2. The van der Waals surface area contributed by atoms with Gasteiger partial charge >= 0.3 is 54.0 Å². The van der Waals surface area contributed by atoms with Crippen LogP contribution >= 0.6 is 0 Å². The van der Waals surface area contributed by atoms with Gasteiger partial charge in [0.2, 0.25) is 17.8 Å². The average molecular weight is 1510 g/mol. The molecule has 1 radical (unpaired) electrons. The van der Waals surface area contributed by atoms with E-state index in [0.29, 0.717) is 115 Å². The van der Waals surface area contributed by atoms with Crippen molar-refractivity contribution in [1.82, 2.24) is 55.4 Å². The van der Waals surface area contributed by atoms with Crippen molar-refractivity contribution in [3.8, 4) is 0 Å².